The number of aromatic hydroxyl groups is 1. The lowest BCUT2D eigenvalue weighted by atomic mass is 10.00. The summed E-state index contributed by atoms with van der Waals surface area (Å²) in [5.41, 5.74) is 4.00. The van der Waals surface area contributed by atoms with Crippen molar-refractivity contribution in [3.63, 3.8) is 0 Å². The van der Waals surface area contributed by atoms with Crippen LogP contribution in [-0.4, -0.2) is 16.0 Å². The predicted molar refractivity (Wildman–Crippen MR) is 118 cm³/mol. The van der Waals surface area contributed by atoms with Gasteiger partial charge in [-0.3, -0.25) is 4.79 Å². The number of benzene rings is 4. The van der Waals surface area contributed by atoms with Crippen LogP contribution in [0.25, 0.3) is 33.3 Å². The normalized spacial score (nSPS) is 11.1. The smallest absolute Gasteiger partial charge is 0.256 e. The molecule has 0 aliphatic rings. The number of fused-ring (bicyclic) bond motifs is 2. The number of carbonyl (C=O) groups excluding carboxylic acids is 1. The molecule has 0 radical (unpaired) electrons. The largest absolute Gasteiger partial charge is 0.507 e. The van der Waals surface area contributed by atoms with Crippen molar-refractivity contribution in [1.82, 2.24) is 4.98 Å². The molecule has 0 aliphatic heterocycles. The number of amides is 1. The SMILES string of the molecule is Cc1ccc(C(=O)Nc2ccc(O)c(-c3nc4ccccc4o3)c2)c2ccccc12. The van der Waals surface area contributed by atoms with E-state index in [4.69, 9.17) is 4.42 Å². The number of nitrogens with zero attached hydrogens (tertiary/aromatic N) is 1. The summed E-state index contributed by atoms with van der Waals surface area (Å²) in [5.74, 6) is 0.103. The third kappa shape index (κ3) is 3.06. The number of nitrogens with one attached hydrogen (secondary N) is 1. The summed E-state index contributed by atoms with van der Waals surface area (Å²) in [6.45, 7) is 2.02. The number of hydrogen-bond acceptors (Lipinski definition) is 4. The molecule has 1 heterocycles. The van der Waals surface area contributed by atoms with Crippen molar-refractivity contribution in [3.05, 3.63) is 90.0 Å². The minimum atomic E-state index is -0.222. The van der Waals surface area contributed by atoms with Crippen molar-refractivity contribution in [3.8, 4) is 17.2 Å². The molecule has 4 aromatic carbocycles. The van der Waals surface area contributed by atoms with E-state index in [-0.39, 0.29) is 11.7 Å². The number of rotatable bonds is 3. The van der Waals surface area contributed by atoms with Crippen LogP contribution in [-0.2, 0) is 0 Å². The zero-order valence-electron chi connectivity index (χ0n) is 16.2. The molecule has 146 valence electrons. The quantitative estimate of drug-likeness (QED) is 0.373. The van der Waals surface area contributed by atoms with Crippen LogP contribution in [0.4, 0.5) is 5.69 Å². The predicted octanol–water partition coefficient (Wildman–Crippen LogP) is 5.91. The summed E-state index contributed by atoms with van der Waals surface area (Å²) in [6.07, 6.45) is 0. The number of phenols is 1. The first-order valence-electron chi connectivity index (χ1n) is 9.59. The van der Waals surface area contributed by atoms with Gasteiger partial charge in [-0.2, -0.15) is 0 Å². The molecule has 2 N–H and O–H groups in total. The number of para-hydroxylation sites is 2. The van der Waals surface area contributed by atoms with E-state index in [1.54, 1.807) is 12.1 Å². The van der Waals surface area contributed by atoms with Gasteiger partial charge in [-0.25, -0.2) is 4.98 Å². The second-order valence-corrected chi connectivity index (χ2v) is 7.15. The van der Waals surface area contributed by atoms with Crippen molar-refractivity contribution in [1.29, 1.82) is 0 Å². The molecule has 0 unspecified atom stereocenters. The van der Waals surface area contributed by atoms with Crippen LogP contribution in [0.15, 0.2) is 83.3 Å². The zero-order valence-corrected chi connectivity index (χ0v) is 16.2. The molecule has 5 nitrogen and oxygen atoms in total. The van der Waals surface area contributed by atoms with E-state index in [1.165, 1.54) is 6.07 Å². The van der Waals surface area contributed by atoms with Crippen LogP contribution in [0.2, 0.25) is 0 Å². The Hall–Kier alpha value is -4.12. The first kappa shape index (κ1) is 17.9. The first-order chi connectivity index (χ1) is 14.6. The Labute approximate surface area is 172 Å². The lowest BCUT2D eigenvalue weighted by molar-refractivity contribution is 0.102. The number of aryl methyl sites for hydroxylation is 1. The molecular formula is C25H18N2O3. The van der Waals surface area contributed by atoms with Crippen LogP contribution in [0.3, 0.4) is 0 Å². The van der Waals surface area contributed by atoms with Gasteiger partial charge in [0.1, 0.15) is 11.3 Å². The fourth-order valence-corrected chi connectivity index (χ4v) is 3.62. The molecule has 1 amide bonds. The summed E-state index contributed by atoms with van der Waals surface area (Å²) in [4.78, 5) is 17.4. The lowest BCUT2D eigenvalue weighted by Crippen LogP contribution is -2.12. The Morgan fingerprint density at radius 1 is 0.933 bits per heavy atom. The van der Waals surface area contributed by atoms with Gasteiger partial charge in [-0.05, 0) is 59.7 Å². The summed E-state index contributed by atoms with van der Waals surface area (Å²) < 4.78 is 5.77. The van der Waals surface area contributed by atoms with E-state index in [2.05, 4.69) is 10.3 Å². The van der Waals surface area contributed by atoms with E-state index in [0.29, 0.717) is 33.8 Å². The van der Waals surface area contributed by atoms with E-state index < -0.39 is 0 Å². The van der Waals surface area contributed by atoms with E-state index in [1.807, 2.05) is 67.6 Å². The molecule has 5 heteroatoms. The van der Waals surface area contributed by atoms with Crippen LogP contribution >= 0.6 is 0 Å². The van der Waals surface area contributed by atoms with Gasteiger partial charge in [0, 0.05) is 11.3 Å². The molecule has 1 aromatic heterocycles. The highest BCUT2D eigenvalue weighted by atomic mass is 16.3. The van der Waals surface area contributed by atoms with Crippen LogP contribution in [0, 0.1) is 6.92 Å². The van der Waals surface area contributed by atoms with E-state index in [9.17, 15) is 9.90 Å². The molecule has 30 heavy (non-hydrogen) atoms. The van der Waals surface area contributed by atoms with Crippen molar-refractivity contribution in [2.45, 2.75) is 6.92 Å². The van der Waals surface area contributed by atoms with Gasteiger partial charge in [0.25, 0.3) is 5.91 Å². The topological polar surface area (TPSA) is 75.4 Å². The Morgan fingerprint density at radius 2 is 1.70 bits per heavy atom. The van der Waals surface area contributed by atoms with Crippen LogP contribution in [0.5, 0.6) is 5.75 Å². The summed E-state index contributed by atoms with van der Waals surface area (Å²) in [5, 5.41) is 15.2. The molecule has 0 bridgehead atoms. The van der Waals surface area contributed by atoms with Gasteiger partial charge < -0.3 is 14.8 Å². The number of oxazole rings is 1. The Kier molecular flexibility index (Phi) is 4.21. The number of aromatic nitrogens is 1. The third-order valence-electron chi connectivity index (χ3n) is 5.17. The van der Waals surface area contributed by atoms with Crippen molar-refractivity contribution >= 4 is 33.5 Å². The molecule has 5 rings (SSSR count). The monoisotopic (exact) mass is 394 g/mol. The fourth-order valence-electron chi connectivity index (χ4n) is 3.62. The van der Waals surface area contributed by atoms with Gasteiger partial charge in [0.15, 0.2) is 5.58 Å². The highest BCUT2D eigenvalue weighted by Crippen LogP contribution is 2.33. The maximum absolute atomic E-state index is 13.0. The standard InChI is InChI=1S/C25H18N2O3/c1-15-10-12-19(18-7-3-2-6-17(15)18)24(29)26-16-11-13-22(28)20(14-16)25-27-21-8-4-5-9-23(21)30-25/h2-14,28H,1H3,(H,26,29). The molecule has 5 aromatic rings. The molecule has 0 spiro atoms. The molecule has 0 fully saturated rings. The van der Waals surface area contributed by atoms with Gasteiger partial charge in [0.2, 0.25) is 5.89 Å². The molecule has 0 saturated heterocycles. The van der Waals surface area contributed by atoms with Crippen LogP contribution in [0.1, 0.15) is 15.9 Å². The van der Waals surface area contributed by atoms with Crippen LogP contribution < -0.4 is 5.32 Å². The van der Waals surface area contributed by atoms with Crippen molar-refractivity contribution < 1.29 is 14.3 Å². The van der Waals surface area contributed by atoms with Gasteiger partial charge in [-0.15, -0.1) is 0 Å². The summed E-state index contributed by atoms with van der Waals surface area (Å²) in [6, 6.07) is 23.8. The number of anilines is 1. The third-order valence-corrected chi connectivity index (χ3v) is 5.17. The number of hydrogen-bond donors (Lipinski definition) is 2. The lowest BCUT2D eigenvalue weighted by Gasteiger charge is -2.11. The highest BCUT2D eigenvalue weighted by Gasteiger charge is 2.16. The summed E-state index contributed by atoms with van der Waals surface area (Å²) >= 11 is 0. The fraction of sp³-hybridized carbons (Fsp3) is 0.0400. The average Bonchev–Trinajstić information content (AvgIpc) is 3.19. The second-order valence-electron chi connectivity index (χ2n) is 7.15. The Bertz CT molecular complexity index is 1390. The molecule has 0 aliphatic carbocycles. The number of phenolic OH excluding ortho intramolecular Hbond substituents is 1. The van der Waals surface area contributed by atoms with Crippen molar-refractivity contribution in [2.24, 2.45) is 0 Å². The van der Waals surface area contributed by atoms with E-state index >= 15 is 0 Å². The van der Waals surface area contributed by atoms with Gasteiger partial charge in [0.05, 0.1) is 5.56 Å². The molecule has 0 saturated carbocycles. The highest BCUT2D eigenvalue weighted by molar-refractivity contribution is 6.13. The van der Waals surface area contributed by atoms with Gasteiger partial charge >= 0.3 is 0 Å². The molecular weight excluding hydrogens is 376 g/mol. The first-order valence-corrected chi connectivity index (χ1v) is 9.59. The minimum Gasteiger partial charge on any atom is -0.507 e. The number of carbonyl (C=O) groups is 1. The second kappa shape index (κ2) is 7.04. The minimum absolute atomic E-state index is 0.0281. The maximum Gasteiger partial charge on any atom is 0.256 e. The van der Waals surface area contributed by atoms with Crippen molar-refractivity contribution in [2.75, 3.05) is 5.32 Å². The molecule has 0 atom stereocenters. The van der Waals surface area contributed by atoms with Gasteiger partial charge in [-0.1, -0.05) is 42.5 Å². The average molecular weight is 394 g/mol. The van der Waals surface area contributed by atoms with E-state index in [0.717, 1.165) is 16.3 Å². The Balaban J connectivity index is 1.51. The summed E-state index contributed by atoms with van der Waals surface area (Å²) in [7, 11) is 0. The zero-order chi connectivity index (χ0) is 20.7. The Morgan fingerprint density at radius 3 is 2.53 bits per heavy atom. The maximum atomic E-state index is 13.0.